The van der Waals surface area contributed by atoms with Crippen molar-refractivity contribution in [2.45, 2.75) is 18.4 Å². The zero-order valence-electron chi connectivity index (χ0n) is 10.5. The molecule has 20 heavy (non-hydrogen) atoms. The molecule has 3 N–H and O–H groups in total. The number of rotatable bonds is 4. The first kappa shape index (κ1) is 14.1. The lowest BCUT2D eigenvalue weighted by Gasteiger charge is -2.11. The number of nitrogens with two attached hydrogens (primary N) is 1. The predicted octanol–water partition coefficient (Wildman–Crippen LogP) is -0.732. The first-order chi connectivity index (χ1) is 9.38. The Bertz CT molecular complexity index is 725. The Labute approximate surface area is 114 Å². The predicted molar refractivity (Wildman–Crippen MR) is 69.0 cm³/mol. The number of aromatic nitrogens is 4. The molecule has 0 fully saturated rings. The number of benzene rings is 1. The van der Waals surface area contributed by atoms with Gasteiger partial charge in [0.2, 0.25) is 15.9 Å². The van der Waals surface area contributed by atoms with Crippen molar-refractivity contribution in [1.82, 2.24) is 20.2 Å². The van der Waals surface area contributed by atoms with Gasteiger partial charge in [-0.2, -0.15) is 0 Å². The minimum absolute atomic E-state index is 0.0299. The molecular weight excluding hydrogens is 284 g/mol. The van der Waals surface area contributed by atoms with Crippen molar-refractivity contribution in [1.29, 1.82) is 0 Å². The summed E-state index contributed by atoms with van der Waals surface area (Å²) >= 11 is 0. The van der Waals surface area contributed by atoms with Crippen molar-refractivity contribution < 1.29 is 13.2 Å². The molecule has 1 aromatic heterocycles. The van der Waals surface area contributed by atoms with Crippen LogP contribution in [0.25, 0.3) is 0 Å². The molecule has 1 amide bonds. The molecule has 106 valence electrons. The summed E-state index contributed by atoms with van der Waals surface area (Å²) in [4.78, 5) is 11.8. The van der Waals surface area contributed by atoms with Crippen LogP contribution in [0.15, 0.2) is 29.4 Å². The van der Waals surface area contributed by atoms with Gasteiger partial charge in [-0.05, 0) is 35.0 Å². The lowest BCUT2D eigenvalue weighted by Crippen LogP contribution is -2.21. The van der Waals surface area contributed by atoms with E-state index in [2.05, 4.69) is 20.8 Å². The second kappa shape index (κ2) is 5.35. The average Bonchev–Trinajstić information content (AvgIpc) is 2.83. The Hall–Kier alpha value is -2.33. The summed E-state index contributed by atoms with van der Waals surface area (Å²) in [7, 11) is -3.83. The molecule has 2 rings (SSSR count). The molecule has 10 heteroatoms. The Kier molecular flexibility index (Phi) is 3.77. The third-order valence-electron chi connectivity index (χ3n) is 2.56. The summed E-state index contributed by atoms with van der Waals surface area (Å²) in [5, 5.41) is 18.0. The second-order valence-electron chi connectivity index (χ2n) is 4.03. The van der Waals surface area contributed by atoms with Crippen molar-refractivity contribution in [2.75, 3.05) is 5.32 Å². The van der Waals surface area contributed by atoms with Gasteiger partial charge in [0, 0.05) is 5.69 Å². The van der Waals surface area contributed by atoms with Crippen LogP contribution in [0.3, 0.4) is 0 Å². The number of nitrogens with one attached hydrogen (secondary N) is 1. The highest BCUT2D eigenvalue weighted by Crippen LogP contribution is 2.21. The average molecular weight is 296 g/mol. The van der Waals surface area contributed by atoms with E-state index in [0.29, 0.717) is 11.3 Å². The van der Waals surface area contributed by atoms with Crippen LogP contribution in [-0.4, -0.2) is 34.5 Å². The Morgan fingerprint density at radius 3 is 2.80 bits per heavy atom. The number of carbonyl (C=O) groups is 1. The van der Waals surface area contributed by atoms with E-state index in [1.54, 1.807) is 13.0 Å². The van der Waals surface area contributed by atoms with Gasteiger partial charge in [0.05, 0.1) is 4.90 Å². The van der Waals surface area contributed by atoms with Crippen LogP contribution in [0.4, 0.5) is 5.69 Å². The minimum Gasteiger partial charge on any atom is -0.324 e. The van der Waals surface area contributed by atoms with Gasteiger partial charge >= 0.3 is 0 Å². The molecule has 0 aliphatic rings. The van der Waals surface area contributed by atoms with Gasteiger partial charge in [-0.15, -0.1) is 5.10 Å². The first-order valence-electron chi connectivity index (χ1n) is 5.51. The zero-order chi connectivity index (χ0) is 14.8. The molecule has 0 saturated heterocycles. The van der Waals surface area contributed by atoms with Crippen molar-refractivity contribution >= 4 is 21.6 Å². The fourth-order valence-electron chi connectivity index (χ4n) is 1.65. The van der Waals surface area contributed by atoms with Crippen LogP contribution in [-0.2, 0) is 21.4 Å². The van der Waals surface area contributed by atoms with E-state index < -0.39 is 10.0 Å². The first-order valence-corrected chi connectivity index (χ1v) is 7.05. The Balaban J connectivity index is 2.20. The third kappa shape index (κ3) is 3.16. The summed E-state index contributed by atoms with van der Waals surface area (Å²) in [6.45, 7) is 1.48. The number of tetrazole rings is 1. The lowest BCUT2D eigenvalue weighted by atomic mass is 10.2. The largest absolute Gasteiger partial charge is 0.324 e. The van der Waals surface area contributed by atoms with Crippen molar-refractivity contribution in [2.24, 2.45) is 5.14 Å². The number of hydrogen-bond acceptors (Lipinski definition) is 6. The number of carbonyl (C=O) groups excluding carboxylic acids is 1. The standard InChI is InChI=1S/C10H12N6O3S/c1-7-8(3-2-4-9(7)20(11,18)19)13-10(17)5-16-6-12-14-15-16/h2-4,6H,5H2,1H3,(H,13,17)(H2,11,18,19). The molecule has 0 aliphatic carbocycles. The third-order valence-corrected chi connectivity index (χ3v) is 3.62. The van der Waals surface area contributed by atoms with Crippen LogP contribution in [0.1, 0.15) is 5.56 Å². The number of amides is 1. The molecule has 0 atom stereocenters. The maximum Gasteiger partial charge on any atom is 0.246 e. The topological polar surface area (TPSA) is 133 Å². The second-order valence-corrected chi connectivity index (χ2v) is 5.56. The summed E-state index contributed by atoms with van der Waals surface area (Å²) < 4.78 is 24.0. The van der Waals surface area contributed by atoms with E-state index in [0.717, 1.165) is 0 Å². The van der Waals surface area contributed by atoms with E-state index in [9.17, 15) is 13.2 Å². The summed E-state index contributed by atoms with van der Waals surface area (Å²) in [5.41, 5.74) is 0.745. The molecule has 0 radical (unpaired) electrons. The molecule has 9 nitrogen and oxygen atoms in total. The van der Waals surface area contributed by atoms with Crippen LogP contribution in [0.2, 0.25) is 0 Å². The number of nitrogens with zero attached hydrogens (tertiary/aromatic N) is 4. The zero-order valence-corrected chi connectivity index (χ0v) is 11.3. The highest BCUT2D eigenvalue weighted by Gasteiger charge is 2.15. The SMILES string of the molecule is Cc1c(NC(=O)Cn2cnnn2)cccc1S(N)(=O)=O. The van der Waals surface area contributed by atoms with Gasteiger partial charge < -0.3 is 5.32 Å². The Morgan fingerprint density at radius 1 is 1.45 bits per heavy atom. The summed E-state index contributed by atoms with van der Waals surface area (Å²) in [6, 6.07) is 4.46. The lowest BCUT2D eigenvalue weighted by molar-refractivity contribution is -0.116. The molecule has 0 aliphatic heterocycles. The maximum absolute atomic E-state index is 11.8. The van der Waals surface area contributed by atoms with E-state index in [1.807, 2.05) is 0 Å². The highest BCUT2D eigenvalue weighted by atomic mass is 32.2. The van der Waals surface area contributed by atoms with Crippen LogP contribution in [0.5, 0.6) is 0 Å². The summed E-state index contributed by atoms with van der Waals surface area (Å²) in [5.74, 6) is -0.382. The molecule has 2 aromatic rings. The van der Waals surface area contributed by atoms with Crippen LogP contribution >= 0.6 is 0 Å². The quantitative estimate of drug-likeness (QED) is 0.764. The van der Waals surface area contributed by atoms with E-state index in [4.69, 9.17) is 5.14 Å². The van der Waals surface area contributed by atoms with Gasteiger partial charge in [0.25, 0.3) is 0 Å². The molecule has 0 spiro atoms. The molecule has 0 bridgehead atoms. The number of sulfonamides is 1. The fourth-order valence-corrected chi connectivity index (χ4v) is 2.45. The normalized spacial score (nSPS) is 11.3. The highest BCUT2D eigenvalue weighted by molar-refractivity contribution is 7.89. The van der Waals surface area contributed by atoms with Gasteiger partial charge in [0.15, 0.2) is 0 Å². The molecule has 0 saturated carbocycles. The van der Waals surface area contributed by atoms with Gasteiger partial charge in [-0.3, -0.25) is 4.79 Å². The Morgan fingerprint density at radius 2 is 2.20 bits per heavy atom. The molecule has 1 aromatic carbocycles. The number of hydrogen-bond donors (Lipinski definition) is 2. The van der Waals surface area contributed by atoms with E-state index >= 15 is 0 Å². The minimum atomic E-state index is -3.83. The van der Waals surface area contributed by atoms with Crippen molar-refractivity contribution in [3.05, 3.63) is 30.1 Å². The van der Waals surface area contributed by atoms with E-state index in [1.165, 1.54) is 23.1 Å². The maximum atomic E-state index is 11.8. The fraction of sp³-hybridized carbons (Fsp3) is 0.200. The van der Waals surface area contributed by atoms with Crippen molar-refractivity contribution in [3.8, 4) is 0 Å². The summed E-state index contributed by atoms with van der Waals surface area (Å²) in [6.07, 6.45) is 1.30. The number of primary sulfonamides is 1. The van der Waals surface area contributed by atoms with Gasteiger partial charge in [-0.25, -0.2) is 18.2 Å². The van der Waals surface area contributed by atoms with Gasteiger partial charge in [-0.1, -0.05) is 6.07 Å². The smallest absolute Gasteiger partial charge is 0.246 e. The van der Waals surface area contributed by atoms with E-state index in [-0.39, 0.29) is 17.3 Å². The van der Waals surface area contributed by atoms with Crippen molar-refractivity contribution in [3.63, 3.8) is 0 Å². The monoisotopic (exact) mass is 296 g/mol. The van der Waals surface area contributed by atoms with Gasteiger partial charge in [0.1, 0.15) is 12.9 Å². The molecular formula is C10H12N6O3S. The number of anilines is 1. The molecule has 1 heterocycles. The van der Waals surface area contributed by atoms with Crippen LogP contribution in [0, 0.1) is 6.92 Å². The molecule has 0 unspecified atom stereocenters. The van der Waals surface area contributed by atoms with Crippen LogP contribution < -0.4 is 10.5 Å².